The van der Waals surface area contributed by atoms with Crippen LogP contribution in [0.1, 0.15) is 18.4 Å². The molecule has 1 fully saturated rings. The Balaban J connectivity index is 1.68. The maximum Gasteiger partial charge on any atom is 0.387 e. The van der Waals surface area contributed by atoms with Crippen LogP contribution in [0, 0.1) is 5.82 Å². The van der Waals surface area contributed by atoms with E-state index in [-0.39, 0.29) is 23.0 Å². The topological polar surface area (TPSA) is 58.6 Å². The molecule has 0 atom stereocenters. The standard InChI is InChI=1S/C20H17F3N2O3/c21-15-12-14(8-9-16(15)25-11-3-6-19(25)27)24-18(26)10-7-13-4-1-2-5-17(13)28-20(22)23/h1-2,4-5,7-10,12,20H,3,6,11H2,(H,24,26)/b10-7+. The summed E-state index contributed by atoms with van der Waals surface area (Å²) in [4.78, 5) is 25.2. The SMILES string of the molecule is O=C(/C=C/c1ccccc1OC(F)F)Nc1ccc(N2CCCC2=O)c(F)c1. The molecule has 3 rings (SSSR count). The van der Waals surface area contributed by atoms with Crippen LogP contribution in [0.25, 0.3) is 6.08 Å². The second-order valence-electron chi connectivity index (χ2n) is 6.05. The van der Waals surface area contributed by atoms with E-state index in [1.807, 2.05) is 0 Å². The number of alkyl halides is 2. The highest BCUT2D eigenvalue weighted by Crippen LogP contribution is 2.27. The van der Waals surface area contributed by atoms with Gasteiger partial charge in [0, 0.05) is 30.3 Å². The maximum absolute atomic E-state index is 14.3. The number of hydrogen-bond donors (Lipinski definition) is 1. The molecule has 1 N–H and O–H groups in total. The summed E-state index contributed by atoms with van der Waals surface area (Å²) in [5.74, 6) is -1.39. The van der Waals surface area contributed by atoms with Gasteiger partial charge in [0.25, 0.3) is 0 Å². The third kappa shape index (κ3) is 4.70. The summed E-state index contributed by atoms with van der Waals surface area (Å²) >= 11 is 0. The molecule has 0 spiro atoms. The van der Waals surface area contributed by atoms with Gasteiger partial charge in [0.2, 0.25) is 11.8 Å². The zero-order valence-electron chi connectivity index (χ0n) is 14.7. The normalized spacial score (nSPS) is 14.1. The van der Waals surface area contributed by atoms with Gasteiger partial charge < -0.3 is 15.0 Å². The Morgan fingerprint density at radius 1 is 1.21 bits per heavy atom. The molecule has 146 valence electrons. The molecular formula is C20H17F3N2O3. The number of rotatable bonds is 6. The maximum atomic E-state index is 14.3. The summed E-state index contributed by atoms with van der Waals surface area (Å²) in [6.45, 7) is -2.52. The van der Waals surface area contributed by atoms with Crippen molar-refractivity contribution >= 4 is 29.3 Å². The van der Waals surface area contributed by atoms with Crippen molar-refractivity contribution in [2.24, 2.45) is 0 Å². The van der Waals surface area contributed by atoms with Crippen molar-refractivity contribution in [3.05, 3.63) is 59.9 Å². The zero-order valence-corrected chi connectivity index (χ0v) is 14.7. The van der Waals surface area contributed by atoms with Crippen LogP contribution in [0.2, 0.25) is 0 Å². The Labute approximate surface area is 159 Å². The van der Waals surface area contributed by atoms with Crippen molar-refractivity contribution in [2.45, 2.75) is 19.5 Å². The fourth-order valence-corrected chi connectivity index (χ4v) is 2.88. The molecule has 0 saturated carbocycles. The van der Waals surface area contributed by atoms with Gasteiger partial charge in [-0.2, -0.15) is 8.78 Å². The summed E-state index contributed by atoms with van der Waals surface area (Å²) in [6, 6.07) is 10.1. The van der Waals surface area contributed by atoms with E-state index in [1.165, 1.54) is 41.3 Å². The van der Waals surface area contributed by atoms with Crippen molar-refractivity contribution in [2.75, 3.05) is 16.8 Å². The first-order valence-electron chi connectivity index (χ1n) is 8.57. The fraction of sp³-hybridized carbons (Fsp3) is 0.200. The Bertz CT molecular complexity index is 915. The number of nitrogens with zero attached hydrogens (tertiary/aromatic N) is 1. The van der Waals surface area contributed by atoms with Crippen molar-refractivity contribution in [1.29, 1.82) is 0 Å². The van der Waals surface area contributed by atoms with Crippen LogP contribution in [0.3, 0.4) is 0 Å². The highest BCUT2D eigenvalue weighted by molar-refractivity contribution is 6.02. The first-order valence-corrected chi connectivity index (χ1v) is 8.57. The number of anilines is 2. The summed E-state index contributed by atoms with van der Waals surface area (Å²) in [5, 5.41) is 2.48. The van der Waals surface area contributed by atoms with E-state index in [2.05, 4.69) is 10.1 Å². The molecule has 8 heteroatoms. The van der Waals surface area contributed by atoms with E-state index in [9.17, 15) is 22.8 Å². The molecule has 28 heavy (non-hydrogen) atoms. The molecule has 0 bridgehead atoms. The van der Waals surface area contributed by atoms with E-state index in [1.54, 1.807) is 6.07 Å². The van der Waals surface area contributed by atoms with E-state index >= 15 is 0 Å². The van der Waals surface area contributed by atoms with Gasteiger partial charge in [-0.1, -0.05) is 18.2 Å². The Kier molecular flexibility index (Phi) is 5.98. The molecule has 0 unspecified atom stereocenters. The molecular weight excluding hydrogens is 373 g/mol. The summed E-state index contributed by atoms with van der Waals surface area (Å²) < 4.78 is 43.5. The van der Waals surface area contributed by atoms with Crippen LogP contribution < -0.4 is 15.0 Å². The van der Waals surface area contributed by atoms with Gasteiger partial charge in [0.15, 0.2) is 0 Å². The third-order valence-corrected chi connectivity index (χ3v) is 4.13. The second-order valence-corrected chi connectivity index (χ2v) is 6.05. The smallest absolute Gasteiger partial charge is 0.387 e. The number of hydrogen-bond acceptors (Lipinski definition) is 3. The minimum absolute atomic E-state index is 0.0628. The lowest BCUT2D eigenvalue weighted by atomic mass is 10.2. The molecule has 0 aromatic heterocycles. The van der Waals surface area contributed by atoms with Crippen LogP contribution >= 0.6 is 0 Å². The summed E-state index contributed by atoms with van der Waals surface area (Å²) in [6.07, 6.45) is 3.52. The number of ether oxygens (including phenoxy) is 1. The molecule has 0 aliphatic carbocycles. The van der Waals surface area contributed by atoms with Crippen LogP contribution in [0.4, 0.5) is 24.5 Å². The average Bonchev–Trinajstić information content (AvgIpc) is 3.06. The average molecular weight is 390 g/mol. The molecule has 2 aromatic carbocycles. The highest BCUT2D eigenvalue weighted by Gasteiger charge is 2.24. The number of amides is 2. The molecule has 0 radical (unpaired) electrons. The van der Waals surface area contributed by atoms with Crippen molar-refractivity contribution in [3.8, 4) is 5.75 Å². The van der Waals surface area contributed by atoms with Crippen LogP contribution in [0.5, 0.6) is 5.75 Å². The van der Waals surface area contributed by atoms with Gasteiger partial charge in [-0.25, -0.2) is 4.39 Å². The Morgan fingerprint density at radius 3 is 2.68 bits per heavy atom. The Hall–Kier alpha value is -3.29. The lowest BCUT2D eigenvalue weighted by Gasteiger charge is -2.17. The Morgan fingerprint density at radius 2 is 2.00 bits per heavy atom. The lowest BCUT2D eigenvalue weighted by molar-refractivity contribution is -0.117. The second kappa shape index (κ2) is 8.60. The number of nitrogens with one attached hydrogen (secondary N) is 1. The van der Waals surface area contributed by atoms with Crippen LogP contribution in [0.15, 0.2) is 48.5 Å². The molecule has 1 aliphatic heterocycles. The van der Waals surface area contributed by atoms with E-state index in [0.717, 1.165) is 12.1 Å². The van der Waals surface area contributed by atoms with Gasteiger partial charge in [0.05, 0.1) is 5.69 Å². The molecule has 1 aliphatic rings. The minimum atomic E-state index is -2.98. The van der Waals surface area contributed by atoms with Crippen molar-refractivity contribution < 1.29 is 27.5 Å². The number of carbonyl (C=O) groups is 2. The fourth-order valence-electron chi connectivity index (χ4n) is 2.88. The highest BCUT2D eigenvalue weighted by atomic mass is 19.3. The quantitative estimate of drug-likeness (QED) is 0.752. The summed E-state index contributed by atoms with van der Waals surface area (Å²) in [5.41, 5.74) is 0.681. The number of carbonyl (C=O) groups excluding carboxylic acids is 2. The lowest BCUT2D eigenvalue weighted by Crippen LogP contribution is -2.24. The predicted octanol–water partition coefficient (Wildman–Crippen LogP) is 4.21. The van der Waals surface area contributed by atoms with Crippen molar-refractivity contribution in [3.63, 3.8) is 0 Å². The van der Waals surface area contributed by atoms with Gasteiger partial charge in [0.1, 0.15) is 11.6 Å². The molecule has 5 nitrogen and oxygen atoms in total. The largest absolute Gasteiger partial charge is 0.434 e. The van der Waals surface area contributed by atoms with E-state index < -0.39 is 18.3 Å². The van der Waals surface area contributed by atoms with E-state index in [4.69, 9.17) is 0 Å². The summed E-state index contributed by atoms with van der Waals surface area (Å²) in [7, 11) is 0. The van der Waals surface area contributed by atoms with Gasteiger partial charge in [-0.05, 0) is 36.8 Å². The van der Waals surface area contributed by atoms with Gasteiger partial charge in [-0.3, -0.25) is 9.59 Å². The van der Waals surface area contributed by atoms with E-state index in [0.29, 0.717) is 24.9 Å². The van der Waals surface area contributed by atoms with Crippen LogP contribution in [-0.4, -0.2) is 25.0 Å². The first-order chi connectivity index (χ1) is 13.4. The molecule has 1 saturated heterocycles. The third-order valence-electron chi connectivity index (χ3n) is 4.13. The predicted molar refractivity (Wildman–Crippen MR) is 98.7 cm³/mol. The minimum Gasteiger partial charge on any atom is -0.434 e. The first kappa shape index (κ1) is 19.5. The van der Waals surface area contributed by atoms with Crippen LogP contribution in [-0.2, 0) is 9.59 Å². The zero-order chi connectivity index (χ0) is 20.1. The van der Waals surface area contributed by atoms with Gasteiger partial charge >= 0.3 is 6.61 Å². The molecule has 1 heterocycles. The molecule has 2 amide bonds. The number of halogens is 3. The monoisotopic (exact) mass is 390 g/mol. The van der Waals surface area contributed by atoms with Crippen molar-refractivity contribution in [1.82, 2.24) is 0 Å². The number of benzene rings is 2. The number of para-hydroxylation sites is 1. The molecule has 2 aromatic rings. The van der Waals surface area contributed by atoms with Gasteiger partial charge in [-0.15, -0.1) is 0 Å².